The van der Waals surface area contributed by atoms with E-state index >= 15 is 0 Å². The molecule has 0 atom stereocenters. The van der Waals surface area contributed by atoms with Gasteiger partial charge in [-0.1, -0.05) is 0 Å². The molecule has 1 N–H and O–H groups in total. The second kappa shape index (κ2) is 8.53. The van der Waals surface area contributed by atoms with E-state index in [1.165, 1.54) is 8.69 Å². The Hall–Kier alpha value is -2.22. The van der Waals surface area contributed by atoms with Crippen LogP contribution in [0.1, 0.15) is 32.0 Å². The van der Waals surface area contributed by atoms with Crippen LogP contribution in [0.4, 0.5) is 18.0 Å². The van der Waals surface area contributed by atoms with Gasteiger partial charge in [0.05, 0.1) is 0 Å². The van der Waals surface area contributed by atoms with Gasteiger partial charge in [0.1, 0.15) is 5.60 Å². The monoisotopic (exact) mass is 652 g/mol. The Kier molecular flexibility index (Phi) is 6.18. The van der Waals surface area contributed by atoms with Gasteiger partial charge in [0, 0.05) is 0 Å². The van der Waals surface area contributed by atoms with E-state index in [9.17, 15) is 18.0 Å². The molecule has 1 aromatic carbocycles. The number of ether oxygens (including phenoxy) is 2. The number of benzene rings is 1. The molecule has 1 amide bonds. The zero-order chi connectivity index (χ0) is 24.0. The van der Waals surface area contributed by atoms with Gasteiger partial charge >= 0.3 is 179 Å². The molecule has 172 valence electrons. The van der Waals surface area contributed by atoms with Gasteiger partial charge in [-0.15, -0.1) is 0 Å². The molecule has 0 aliphatic carbocycles. The maximum atomic E-state index is 13.7. The number of nitrogens with zero attached hydrogens (tertiary/aromatic N) is 3. The molecule has 4 rings (SSSR count). The molecule has 3 heterocycles. The topological polar surface area (TPSA) is 78.3 Å². The van der Waals surface area contributed by atoms with Crippen molar-refractivity contribution >= 4 is 43.2 Å². The number of nitrogens with one attached hydrogen (secondary N) is 1. The van der Waals surface area contributed by atoms with Gasteiger partial charge in [0.25, 0.3) is 0 Å². The Labute approximate surface area is 204 Å². The summed E-state index contributed by atoms with van der Waals surface area (Å²) in [5.74, 6) is 0. The Bertz CT molecular complexity index is 1200. The number of hydrogen-bond donors (Lipinski definition) is 1. The fraction of sp³-hybridized carbons (Fsp3) is 0.409. The average molecular weight is 652 g/mol. The number of carbonyl (C=O) groups is 1. The van der Waals surface area contributed by atoms with Crippen LogP contribution >= 0.6 is 0 Å². The van der Waals surface area contributed by atoms with E-state index in [1.54, 1.807) is 39.0 Å². The molecule has 7 nitrogen and oxygen atoms in total. The Morgan fingerprint density at radius 1 is 1.27 bits per heavy atom. The van der Waals surface area contributed by atoms with E-state index in [2.05, 4.69) is 15.4 Å². The second-order valence-electron chi connectivity index (χ2n) is 9.06. The molecule has 2 aromatic heterocycles. The van der Waals surface area contributed by atoms with Crippen LogP contribution in [0.2, 0.25) is 0 Å². The van der Waals surface area contributed by atoms with Crippen molar-refractivity contribution in [3.63, 3.8) is 0 Å². The van der Waals surface area contributed by atoms with Crippen LogP contribution in [0.5, 0.6) is 0 Å². The molecular formula is C22H22F3N4O3Tl. The number of rotatable bonds is 4. The number of aromatic nitrogens is 3. The Morgan fingerprint density at radius 2 is 2.00 bits per heavy atom. The Morgan fingerprint density at radius 3 is 2.61 bits per heavy atom. The fourth-order valence-corrected chi connectivity index (χ4v) is 5.00. The summed E-state index contributed by atoms with van der Waals surface area (Å²) in [6.45, 7) is 6.39. The predicted octanol–water partition coefficient (Wildman–Crippen LogP) is 3.84. The number of hydrogen-bond acceptors (Lipinski definition) is 5. The SMILES string of the molecule is CC(C)(C)OC(=O)NCC1(c2cccc(-c3ccnc4c3c(C(F)(F)F)n[n]4[Tl])c2)COC1. The molecule has 0 spiro atoms. The minimum absolute atomic E-state index is 0.00422. The van der Waals surface area contributed by atoms with Crippen LogP contribution in [0.3, 0.4) is 0 Å². The molecule has 1 fully saturated rings. The van der Waals surface area contributed by atoms with Crippen LogP contribution in [0.15, 0.2) is 36.5 Å². The molecular weight excluding hydrogens is 630 g/mol. The molecule has 1 saturated heterocycles. The summed E-state index contributed by atoms with van der Waals surface area (Å²) in [7, 11) is 0. The van der Waals surface area contributed by atoms with Crippen LogP contribution < -0.4 is 5.32 Å². The molecule has 33 heavy (non-hydrogen) atoms. The average Bonchev–Trinajstić information content (AvgIpc) is 3.03. The molecule has 3 aromatic rings. The third-order valence-electron chi connectivity index (χ3n) is 5.37. The fourth-order valence-electron chi connectivity index (χ4n) is 3.79. The van der Waals surface area contributed by atoms with Gasteiger partial charge in [-0.2, -0.15) is 0 Å². The third kappa shape index (κ3) is 4.86. The minimum atomic E-state index is -4.59. The number of alkyl carbamates (subject to hydrolysis) is 1. The van der Waals surface area contributed by atoms with Gasteiger partial charge in [-0.3, -0.25) is 0 Å². The Balaban J connectivity index is 1.70. The van der Waals surface area contributed by atoms with Crippen molar-refractivity contribution in [3.05, 3.63) is 47.8 Å². The van der Waals surface area contributed by atoms with Crippen LogP contribution in [0.25, 0.3) is 22.2 Å². The molecule has 0 unspecified atom stereocenters. The van der Waals surface area contributed by atoms with E-state index < -0.39 is 29.0 Å². The van der Waals surface area contributed by atoms with E-state index in [4.69, 9.17) is 9.47 Å². The first-order chi connectivity index (χ1) is 15.4. The third-order valence-corrected chi connectivity index (χ3v) is 6.77. The van der Waals surface area contributed by atoms with Gasteiger partial charge in [0.2, 0.25) is 0 Å². The number of carbonyl (C=O) groups excluding carboxylic acids is 1. The number of amides is 1. The standard InChI is InChI=1S/C22H23F3N4O3.Tl/c1-20(2,3)32-19(30)27-10-21(11-31-12-21)14-6-4-5-13(9-14)15-7-8-26-18-16(15)17(28-29-18)22(23,24)25;/h4-9H,10-12H2,1-3H3,(H2,26,27,28,29,30);/q;+1/p-1. The predicted molar refractivity (Wildman–Crippen MR) is 116 cm³/mol. The number of alkyl halides is 3. The summed E-state index contributed by atoms with van der Waals surface area (Å²) >= 11 is 0.0389. The van der Waals surface area contributed by atoms with Crippen molar-refractivity contribution in [2.24, 2.45) is 0 Å². The summed E-state index contributed by atoms with van der Waals surface area (Å²) in [4.78, 5) is 16.3. The summed E-state index contributed by atoms with van der Waals surface area (Å²) in [6, 6.07) is 8.88. The van der Waals surface area contributed by atoms with Crippen molar-refractivity contribution in [1.82, 2.24) is 17.9 Å². The molecule has 11 heteroatoms. The van der Waals surface area contributed by atoms with Crippen molar-refractivity contribution in [2.45, 2.75) is 38.0 Å². The zero-order valence-corrected chi connectivity index (χ0v) is 22.9. The van der Waals surface area contributed by atoms with Crippen molar-refractivity contribution in [1.29, 1.82) is 0 Å². The zero-order valence-electron chi connectivity index (χ0n) is 18.4. The number of pyridine rings is 1. The second-order valence-corrected chi connectivity index (χ2v) is 11.0. The van der Waals surface area contributed by atoms with Gasteiger partial charge in [-0.25, -0.2) is 0 Å². The quantitative estimate of drug-likeness (QED) is 0.434. The van der Waals surface area contributed by atoms with Crippen molar-refractivity contribution in [2.75, 3.05) is 19.8 Å². The van der Waals surface area contributed by atoms with E-state index in [0.717, 1.165) is 5.56 Å². The van der Waals surface area contributed by atoms with Gasteiger partial charge < -0.3 is 0 Å². The molecule has 0 bridgehead atoms. The normalized spacial score (nSPS) is 15.8. The van der Waals surface area contributed by atoms with Crippen molar-refractivity contribution in [3.8, 4) is 11.1 Å². The van der Waals surface area contributed by atoms with Gasteiger partial charge in [0.15, 0.2) is 0 Å². The van der Waals surface area contributed by atoms with Crippen LogP contribution in [-0.4, -0.2) is 70.1 Å². The molecule has 0 saturated carbocycles. The summed E-state index contributed by atoms with van der Waals surface area (Å²) in [6.07, 6.45) is -3.62. The summed E-state index contributed by atoms with van der Waals surface area (Å²) in [5, 5.41) is 6.54. The number of halogens is 3. The van der Waals surface area contributed by atoms with E-state index in [0.29, 0.717) is 24.3 Å². The first-order valence-electron chi connectivity index (χ1n) is 10.3. The van der Waals surface area contributed by atoms with Crippen LogP contribution in [-0.2, 0) is 21.1 Å². The van der Waals surface area contributed by atoms with Crippen molar-refractivity contribution < 1.29 is 27.4 Å². The maximum absolute atomic E-state index is 13.7. The molecule has 1 aliphatic heterocycles. The first kappa shape index (κ1) is 23.9. The summed E-state index contributed by atoms with van der Waals surface area (Å²) < 4.78 is 53.2. The van der Waals surface area contributed by atoms with E-state index in [-0.39, 0.29) is 43.6 Å². The summed E-state index contributed by atoms with van der Waals surface area (Å²) in [5.41, 5.74) is 0.0770. The molecule has 1 aliphatic rings. The number of fused-ring (bicyclic) bond motifs is 1. The van der Waals surface area contributed by atoms with E-state index in [1.807, 2.05) is 12.1 Å². The first-order valence-corrected chi connectivity index (χ1v) is 12.3. The van der Waals surface area contributed by atoms with Gasteiger partial charge in [-0.05, 0) is 20.8 Å². The van der Waals surface area contributed by atoms with Crippen LogP contribution in [0, 0.1) is 0 Å². The molecule has 0 radical (unpaired) electrons.